The smallest absolute Gasteiger partial charge is 0.243 e. The lowest BCUT2D eigenvalue weighted by molar-refractivity contribution is 0.384. The van der Waals surface area contributed by atoms with Crippen molar-refractivity contribution in [1.29, 1.82) is 0 Å². The van der Waals surface area contributed by atoms with Crippen LogP contribution in [0.1, 0.15) is 5.56 Å². The van der Waals surface area contributed by atoms with Crippen LogP contribution >= 0.6 is 0 Å². The average molecular weight is 334 g/mol. The van der Waals surface area contributed by atoms with E-state index in [-0.39, 0.29) is 5.82 Å². The van der Waals surface area contributed by atoms with Gasteiger partial charge in [-0.25, -0.2) is 12.8 Å². The number of hydrogen-bond donors (Lipinski definition) is 0. The Kier molecular flexibility index (Phi) is 4.37. The van der Waals surface area contributed by atoms with Gasteiger partial charge >= 0.3 is 0 Å². The molecule has 1 aliphatic rings. The van der Waals surface area contributed by atoms with Crippen LogP contribution < -0.4 is 4.90 Å². The number of hydrogen-bond acceptors (Lipinski definition) is 3. The Hall–Kier alpha value is -1.92. The van der Waals surface area contributed by atoms with Crippen LogP contribution in [0, 0.1) is 12.7 Å². The van der Waals surface area contributed by atoms with E-state index in [2.05, 4.69) is 0 Å². The standard InChI is InChI=1S/C17H19FN2O2S/c1-14-5-2-3-8-17(14)23(21,22)20-11-9-19(10-12-20)16-7-4-6-15(18)13-16/h2-8,13H,9-12H2,1H3. The zero-order chi connectivity index (χ0) is 16.4. The Labute approximate surface area is 136 Å². The summed E-state index contributed by atoms with van der Waals surface area (Å²) in [6.07, 6.45) is 0. The molecule has 3 rings (SSSR count). The molecule has 4 nitrogen and oxygen atoms in total. The van der Waals surface area contributed by atoms with Gasteiger partial charge in [-0.3, -0.25) is 0 Å². The maximum absolute atomic E-state index is 13.3. The van der Waals surface area contributed by atoms with Crippen molar-refractivity contribution in [3.63, 3.8) is 0 Å². The van der Waals surface area contributed by atoms with Gasteiger partial charge in [-0.2, -0.15) is 4.31 Å². The highest BCUT2D eigenvalue weighted by atomic mass is 32.2. The first kappa shape index (κ1) is 16.0. The van der Waals surface area contributed by atoms with Crippen LogP contribution in [-0.2, 0) is 10.0 Å². The highest BCUT2D eigenvalue weighted by Gasteiger charge is 2.29. The third-order valence-electron chi connectivity index (χ3n) is 4.12. The van der Waals surface area contributed by atoms with Crippen LogP contribution in [0.3, 0.4) is 0 Å². The molecular weight excluding hydrogens is 315 g/mol. The van der Waals surface area contributed by atoms with Crippen molar-refractivity contribution in [1.82, 2.24) is 4.31 Å². The minimum atomic E-state index is -3.47. The number of piperazine rings is 1. The topological polar surface area (TPSA) is 40.6 Å². The highest BCUT2D eigenvalue weighted by molar-refractivity contribution is 7.89. The molecule has 1 fully saturated rings. The van der Waals surface area contributed by atoms with E-state index in [4.69, 9.17) is 0 Å². The lowest BCUT2D eigenvalue weighted by Gasteiger charge is -2.35. The van der Waals surface area contributed by atoms with Gasteiger partial charge in [-0.15, -0.1) is 0 Å². The van der Waals surface area contributed by atoms with E-state index in [0.29, 0.717) is 31.1 Å². The van der Waals surface area contributed by atoms with Crippen molar-refractivity contribution >= 4 is 15.7 Å². The van der Waals surface area contributed by atoms with Gasteiger partial charge in [-0.1, -0.05) is 24.3 Å². The van der Waals surface area contributed by atoms with Gasteiger partial charge in [0, 0.05) is 31.9 Å². The first-order valence-electron chi connectivity index (χ1n) is 7.55. The SMILES string of the molecule is Cc1ccccc1S(=O)(=O)N1CCN(c2cccc(F)c2)CC1. The molecule has 0 aliphatic carbocycles. The predicted octanol–water partition coefficient (Wildman–Crippen LogP) is 2.65. The lowest BCUT2D eigenvalue weighted by Crippen LogP contribution is -2.48. The Morgan fingerprint density at radius 1 is 0.957 bits per heavy atom. The Morgan fingerprint density at radius 3 is 2.30 bits per heavy atom. The van der Waals surface area contributed by atoms with E-state index in [1.165, 1.54) is 16.4 Å². The molecule has 1 aliphatic heterocycles. The van der Waals surface area contributed by atoms with E-state index < -0.39 is 10.0 Å². The molecule has 122 valence electrons. The lowest BCUT2D eigenvalue weighted by atomic mass is 10.2. The molecule has 2 aromatic carbocycles. The molecule has 0 N–H and O–H groups in total. The van der Waals surface area contributed by atoms with Gasteiger partial charge in [0.1, 0.15) is 5.82 Å². The second-order valence-corrected chi connectivity index (χ2v) is 7.54. The molecule has 0 atom stereocenters. The Morgan fingerprint density at radius 2 is 1.65 bits per heavy atom. The van der Waals surface area contributed by atoms with Gasteiger partial charge in [0.05, 0.1) is 4.90 Å². The van der Waals surface area contributed by atoms with Crippen LogP contribution in [-0.4, -0.2) is 38.9 Å². The average Bonchev–Trinajstić information content (AvgIpc) is 2.55. The summed E-state index contributed by atoms with van der Waals surface area (Å²) in [4.78, 5) is 2.37. The molecular formula is C17H19FN2O2S. The van der Waals surface area contributed by atoms with Crippen LogP contribution in [0.5, 0.6) is 0 Å². The molecule has 1 saturated heterocycles. The summed E-state index contributed by atoms with van der Waals surface area (Å²) < 4.78 is 40.3. The summed E-state index contributed by atoms with van der Waals surface area (Å²) in [5, 5.41) is 0. The highest BCUT2D eigenvalue weighted by Crippen LogP contribution is 2.23. The number of halogens is 1. The first-order valence-corrected chi connectivity index (χ1v) is 8.99. The maximum atomic E-state index is 13.3. The van der Waals surface area contributed by atoms with Crippen molar-refractivity contribution in [2.24, 2.45) is 0 Å². The minimum absolute atomic E-state index is 0.280. The van der Waals surface area contributed by atoms with E-state index in [9.17, 15) is 12.8 Å². The van der Waals surface area contributed by atoms with E-state index >= 15 is 0 Å². The molecule has 0 amide bonds. The molecule has 0 spiro atoms. The van der Waals surface area contributed by atoms with Crippen molar-refractivity contribution in [2.45, 2.75) is 11.8 Å². The fraction of sp³-hybridized carbons (Fsp3) is 0.294. The zero-order valence-corrected chi connectivity index (χ0v) is 13.8. The van der Waals surface area contributed by atoms with Gasteiger partial charge in [0.15, 0.2) is 0 Å². The van der Waals surface area contributed by atoms with Gasteiger partial charge in [0.25, 0.3) is 0 Å². The fourth-order valence-corrected chi connectivity index (χ4v) is 4.49. The van der Waals surface area contributed by atoms with Crippen LogP contribution in [0.15, 0.2) is 53.4 Å². The number of benzene rings is 2. The number of nitrogens with zero attached hydrogens (tertiary/aromatic N) is 2. The van der Waals surface area contributed by atoms with Crippen LogP contribution in [0.4, 0.5) is 10.1 Å². The molecule has 0 radical (unpaired) electrons. The first-order chi connectivity index (χ1) is 11.0. The molecule has 0 bridgehead atoms. The largest absolute Gasteiger partial charge is 0.369 e. The van der Waals surface area contributed by atoms with Crippen molar-refractivity contribution < 1.29 is 12.8 Å². The molecule has 6 heteroatoms. The van der Waals surface area contributed by atoms with Crippen molar-refractivity contribution in [2.75, 3.05) is 31.1 Å². The van der Waals surface area contributed by atoms with E-state index in [0.717, 1.165) is 11.3 Å². The zero-order valence-electron chi connectivity index (χ0n) is 12.9. The second kappa shape index (κ2) is 6.29. The summed E-state index contributed by atoms with van der Waals surface area (Å²) in [5.74, 6) is -0.280. The molecule has 23 heavy (non-hydrogen) atoms. The molecule has 0 saturated carbocycles. The van der Waals surface area contributed by atoms with Gasteiger partial charge in [0.2, 0.25) is 10.0 Å². The maximum Gasteiger partial charge on any atom is 0.243 e. The Balaban J connectivity index is 1.75. The molecule has 1 heterocycles. The second-order valence-electron chi connectivity index (χ2n) is 5.64. The normalized spacial score (nSPS) is 16.5. The molecule has 2 aromatic rings. The minimum Gasteiger partial charge on any atom is -0.369 e. The predicted molar refractivity (Wildman–Crippen MR) is 88.6 cm³/mol. The van der Waals surface area contributed by atoms with Crippen LogP contribution in [0.2, 0.25) is 0 Å². The summed E-state index contributed by atoms with van der Waals surface area (Å²) in [7, 11) is -3.47. The number of sulfonamides is 1. The summed E-state index contributed by atoms with van der Waals surface area (Å²) in [6.45, 7) is 3.69. The quantitative estimate of drug-likeness (QED) is 0.866. The summed E-state index contributed by atoms with van der Waals surface area (Å²) >= 11 is 0. The third kappa shape index (κ3) is 3.23. The number of anilines is 1. The molecule has 0 aromatic heterocycles. The molecule has 0 unspecified atom stereocenters. The van der Waals surface area contributed by atoms with Crippen molar-refractivity contribution in [3.8, 4) is 0 Å². The van der Waals surface area contributed by atoms with Crippen LogP contribution in [0.25, 0.3) is 0 Å². The summed E-state index contributed by atoms with van der Waals surface area (Å²) in [5.41, 5.74) is 1.54. The van der Waals surface area contributed by atoms with Gasteiger partial charge in [-0.05, 0) is 36.8 Å². The van der Waals surface area contributed by atoms with Crippen molar-refractivity contribution in [3.05, 3.63) is 59.9 Å². The van der Waals surface area contributed by atoms with E-state index in [1.807, 2.05) is 17.0 Å². The fourth-order valence-electron chi connectivity index (χ4n) is 2.84. The summed E-state index contributed by atoms with van der Waals surface area (Å²) in [6, 6.07) is 13.4. The number of aryl methyl sites for hydroxylation is 1. The third-order valence-corrected chi connectivity index (χ3v) is 6.18. The number of rotatable bonds is 3. The monoisotopic (exact) mass is 334 g/mol. The van der Waals surface area contributed by atoms with Gasteiger partial charge < -0.3 is 4.90 Å². The van der Waals surface area contributed by atoms with E-state index in [1.54, 1.807) is 31.2 Å². The Bertz CT molecular complexity index is 800.